The molecule has 0 unspecified atom stereocenters. The van der Waals surface area contributed by atoms with Crippen LogP contribution in [0, 0.1) is 11.8 Å². The van der Waals surface area contributed by atoms with Gasteiger partial charge in [0.15, 0.2) is 0 Å². The summed E-state index contributed by atoms with van der Waals surface area (Å²) < 4.78 is 0. The summed E-state index contributed by atoms with van der Waals surface area (Å²) in [4.78, 5) is 4.27. The second-order valence-electron chi connectivity index (χ2n) is 4.22. The molecule has 0 radical (unpaired) electrons. The smallest absolute Gasteiger partial charge is 0.0347 e. The Bertz CT molecular complexity index is 219. The minimum absolute atomic E-state index is 0.575. The van der Waals surface area contributed by atoms with E-state index in [1.54, 1.807) is 0 Å². The third-order valence-corrected chi connectivity index (χ3v) is 2.59. The molecule has 0 N–H and O–H groups in total. The van der Waals surface area contributed by atoms with Crippen molar-refractivity contribution < 1.29 is 0 Å². The number of rotatable bonds is 3. The minimum Gasteiger partial charge on any atom is -0.293 e. The third-order valence-electron chi connectivity index (χ3n) is 2.59. The molecule has 76 valence electrons. The van der Waals surface area contributed by atoms with E-state index in [2.05, 4.69) is 46.5 Å². The first-order chi connectivity index (χ1) is 5.91. The van der Waals surface area contributed by atoms with E-state index in [4.69, 9.17) is 0 Å². The highest BCUT2D eigenvalue weighted by Crippen LogP contribution is 2.22. The monoisotopic (exact) mass is 181 g/mol. The summed E-state index contributed by atoms with van der Waals surface area (Å²) >= 11 is 0. The number of hydrogen-bond donors (Lipinski definition) is 0. The van der Waals surface area contributed by atoms with Crippen LogP contribution in [0.5, 0.6) is 0 Å². The normalized spacial score (nSPS) is 15.3. The van der Waals surface area contributed by atoms with Crippen molar-refractivity contribution >= 4 is 5.71 Å². The molecule has 0 aromatic heterocycles. The van der Waals surface area contributed by atoms with E-state index >= 15 is 0 Å². The van der Waals surface area contributed by atoms with Gasteiger partial charge in [-0.3, -0.25) is 4.99 Å². The largest absolute Gasteiger partial charge is 0.293 e. The van der Waals surface area contributed by atoms with Crippen molar-refractivity contribution in [3.8, 4) is 0 Å². The Hall–Kier alpha value is -0.590. The predicted molar refractivity (Wildman–Crippen MR) is 61.4 cm³/mol. The maximum Gasteiger partial charge on any atom is 0.0347 e. The lowest BCUT2D eigenvalue weighted by molar-refractivity contribution is 0.713. The molecule has 0 heterocycles. The summed E-state index contributed by atoms with van der Waals surface area (Å²) in [6.45, 7) is 13.3. The van der Waals surface area contributed by atoms with E-state index in [1.807, 2.05) is 7.05 Å². The van der Waals surface area contributed by atoms with E-state index in [0.29, 0.717) is 11.8 Å². The molecule has 0 aromatic rings. The number of nitrogens with zero attached hydrogens (tertiary/aromatic N) is 1. The summed E-state index contributed by atoms with van der Waals surface area (Å²) in [5.74, 6) is 1.19. The van der Waals surface area contributed by atoms with Crippen molar-refractivity contribution in [2.75, 3.05) is 7.05 Å². The van der Waals surface area contributed by atoms with Gasteiger partial charge in [0.05, 0.1) is 0 Å². The van der Waals surface area contributed by atoms with Crippen molar-refractivity contribution in [2.24, 2.45) is 16.8 Å². The van der Waals surface area contributed by atoms with Crippen molar-refractivity contribution in [1.29, 1.82) is 0 Å². The third kappa shape index (κ3) is 3.33. The molecule has 0 spiro atoms. The summed E-state index contributed by atoms with van der Waals surface area (Å²) in [5, 5.41) is 0. The van der Waals surface area contributed by atoms with Crippen molar-refractivity contribution in [2.45, 2.75) is 41.5 Å². The molecule has 0 aliphatic rings. The van der Waals surface area contributed by atoms with Gasteiger partial charge < -0.3 is 0 Å². The second-order valence-corrected chi connectivity index (χ2v) is 4.22. The van der Waals surface area contributed by atoms with Gasteiger partial charge in [-0.2, -0.15) is 0 Å². The fourth-order valence-electron chi connectivity index (χ4n) is 1.59. The molecule has 0 atom stereocenters. The Morgan fingerprint density at radius 3 is 1.62 bits per heavy atom. The Kier molecular flexibility index (Phi) is 4.97. The summed E-state index contributed by atoms with van der Waals surface area (Å²) in [5.41, 5.74) is 4.08. The van der Waals surface area contributed by atoms with E-state index < -0.39 is 0 Å². The fraction of sp³-hybridized carbons (Fsp3) is 0.750. The van der Waals surface area contributed by atoms with Gasteiger partial charge in [0.1, 0.15) is 0 Å². The lowest BCUT2D eigenvalue weighted by Crippen LogP contribution is -2.10. The quantitative estimate of drug-likeness (QED) is 0.589. The van der Waals surface area contributed by atoms with Crippen LogP contribution in [0.1, 0.15) is 41.5 Å². The molecule has 0 bridgehead atoms. The molecule has 0 aromatic carbocycles. The zero-order valence-electron chi connectivity index (χ0n) is 10.1. The van der Waals surface area contributed by atoms with Crippen LogP contribution in [0.15, 0.2) is 16.1 Å². The summed E-state index contributed by atoms with van der Waals surface area (Å²) in [6, 6.07) is 0. The summed E-state index contributed by atoms with van der Waals surface area (Å²) in [7, 11) is 1.87. The van der Waals surface area contributed by atoms with Crippen LogP contribution in [-0.2, 0) is 0 Å². The molecule has 13 heavy (non-hydrogen) atoms. The Morgan fingerprint density at radius 2 is 1.38 bits per heavy atom. The first-order valence-corrected chi connectivity index (χ1v) is 5.06. The first kappa shape index (κ1) is 12.4. The van der Waals surface area contributed by atoms with E-state index in [-0.39, 0.29) is 0 Å². The highest BCUT2D eigenvalue weighted by atomic mass is 14.7. The van der Waals surface area contributed by atoms with Crippen LogP contribution in [0.25, 0.3) is 0 Å². The molecule has 1 heteroatoms. The average Bonchev–Trinajstić information content (AvgIpc) is 2.03. The first-order valence-electron chi connectivity index (χ1n) is 5.06. The maximum atomic E-state index is 4.27. The zero-order valence-corrected chi connectivity index (χ0v) is 10.1. The lowest BCUT2D eigenvalue weighted by Gasteiger charge is -2.18. The highest BCUT2D eigenvalue weighted by Gasteiger charge is 2.12. The van der Waals surface area contributed by atoms with Crippen molar-refractivity contribution in [3.05, 3.63) is 11.1 Å². The molecule has 0 saturated carbocycles. The van der Waals surface area contributed by atoms with Crippen molar-refractivity contribution in [1.82, 2.24) is 0 Å². The van der Waals surface area contributed by atoms with Gasteiger partial charge in [-0.1, -0.05) is 33.3 Å². The number of allylic oxidation sites excluding steroid dienone is 2. The average molecular weight is 181 g/mol. The SMILES string of the molecule is CN=C(C)/C(=C(\C)C(C)C)C(C)C. The Morgan fingerprint density at radius 1 is 0.923 bits per heavy atom. The van der Waals surface area contributed by atoms with Crippen LogP contribution >= 0.6 is 0 Å². The second kappa shape index (κ2) is 5.21. The van der Waals surface area contributed by atoms with Gasteiger partial charge in [-0.25, -0.2) is 0 Å². The summed E-state index contributed by atoms with van der Waals surface area (Å²) in [6.07, 6.45) is 0. The van der Waals surface area contributed by atoms with E-state index in [1.165, 1.54) is 16.9 Å². The maximum absolute atomic E-state index is 4.27. The Labute approximate surface area is 83.0 Å². The predicted octanol–water partition coefficient (Wildman–Crippen LogP) is 3.71. The number of hydrogen-bond acceptors (Lipinski definition) is 1. The van der Waals surface area contributed by atoms with E-state index in [9.17, 15) is 0 Å². The van der Waals surface area contributed by atoms with Crippen LogP contribution in [0.4, 0.5) is 0 Å². The number of aliphatic imine (C=N–C) groups is 1. The van der Waals surface area contributed by atoms with E-state index in [0.717, 1.165) is 0 Å². The van der Waals surface area contributed by atoms with Gasteiger partial charge in [0, 0.05) is 12.8 Å². The van der Waals surface area contributed by atoms with Gasteiger partial charge in [0.2, 0.25) is 0 Å². The molecule has 1 nitrogen and oxygen atoms in total. The molecule has 0 rings (SSSR count). The zero-order chi connectivity index (χ0) is 10.6. The molecule has 0 aliphatic carbocycles. The molecule has 0 aliphatic heterocycles. The molecule has 0 fully saturated rings. The van der Waals surface area contributed by atoms with Crippen LogP contribution < -0.4 is 0 Å². The minimum atomic E-state index is 0.575. The van der Waals surface area contributed by atoms with Gasteiger partial charge in [-0.05, 0) is 31.3 Å². The van der Waals surface area contributed by atoms with Gasteiger partial charge in [0.25, 0.3) is 0 Å². The van der Waals surface area contributed by atoms with Gasteiger partial charge in [-0.15, -0.1) is 0 Å². The van der Waals surface area contributed by atoms with Gasteiger partial charge >= 0.3 is 0 Å². The van der Waals surface area contributed by atoms with Crippen molar-refractivity contribution in [3.63, 3.8) is 0 Å². The lowest BCUT2D eigenvalue weighted by atomic mass is 9.89. The Balaban J connectivity index is 5.13. The topological polar surface area (TPSA) is 12.4 Å². The molecule has 0 saturated heterocycles. The van der Waals surface area contributed by atoms with Crippen LogP contribution in [-0.4, -0.2) is 12.8 Å². The molecular formula is C12H23N. The molecular weight excluding hydrogens is 158 g/mol. The highest BCUT2D eigenvalue weighted by molar-refractivity contribution is 5.99. The van der Waals surface area contributed by atoms with Crippen LogP contribution in [0.3, 0.4) is 0 Å². The fourth-order valence-corrected chi connectivity index (χ4v) is 1.59. The standard InChI is InChI=1S/C12H23N/c1-8(2)10(5)12(9(3)4)11(6)13-7/h8-9H,1-7H3/b12-10+,13-11?. The van der Waals surface area contributed by atoms with Crippen LogP contribution in [0.2, 0.25) is 0 Å². The molecule has 0 amide bonds.